The summed E-state index contributed by atoms with van der Waals surface area (Å²) >= 11 is 0. The van der Waals surface area contributed by atoms with E-state index in [0.717, 1.165) is 87.9 Å². The zero-order valence-corrected chi connectivity index (χ0v) is 36.6. The lowest BCUT2D eigenvalue weighted by Gasteiger charge is -2.29. The first kappa shape index (κ1) is 41.2. The maximum atomic E-state index is 13.3. The molecule has 5 heterocycles. The highest BCUT2D eigenvalue weighted by Gasteiger charge is 2.37. The number of amides is 2. The van der Waals surface area contributed by atoms with Crippen LogP contribution in [-0.2, 0) is 20.9 Å². The summed E-state index contributed by atoms with van der Waals surface area (Å²) in [7, 11) is -1.29. The van der Waals surface area contributed by atoms with Crippen molar-refractivity contribution in [1.82, 2.24) is 34.3 Å². The first-order valence-electron chi connectivity index (χ1n) is 20.6. The molecule has 0 radical (unpaired) electrons. The first-order chi connectivity index (χ1) is 27.4. The molecule has 2 amide bonds. The number of nitrogens with zero attached hydrogens (tertiary/aromatic N) is 6. The molecule has 0 unspecified atom stereocenters. The molecule has 308 valence electrons. The van der Waals surface area contributed by atoms with Crippen molar-refractivity contribution in [2.45, 2.75) is 123 Å². The fourth-order valence-electron chi connectivity index (χ4n) is 7.65. The summed E-state index contributed by atoms with van der Waals surface area (Å²) in [6.45, 7) is 20.6. The second-order valence-electron chi connectivity index (χ2n) is 18.8. The molecule has 2 fully saturated rings. The maximum absolute atomic E-state index is 13.3. The predicted molar refractivity (Wildman–Crippen MR) is 230 cm³/mol. The number of likely N-dealkylation sites (tertiary alicyclic amines) is 2. The summed E-state index contributed by atoms with van der Waals surface area (Å²) in [5.41, 5.74) is 4.61. The number of carbonyl (C=O) groups excluding carboxylic acids is 2. The van der Waals surface area contributed by atoms with Gasteiger partial charge in [-0.3, -0.25) is 14.8 Å². The summed E-state index contributed by atoms with van der Waals surface area (Å²) in [4.78, 5) is 47.8. The van der Waals surface area contributed by atoms with Gasteiger partial charge in [-0.2, -0.15) is 0 Å². The molecule has 7 rings (SSSR count). The van der Waals surface area contributed by atoms with E-state index in [-0.39, 0.29) is 24.3 Å². The average molecular weight is 806 g/mol. The van der Waals surface area contributed by atoms with Gasteiger partial charge in [0.2, 0.25) is 0 Å². The van der Waals surface area contributed by atoms with Gasteiger partial charge in [-0.25, -0.2) is 19.6 Å². The van der Waals surface area contributed by atoms with Gasteiger partial charge in [0.1, 0.15) is 29.6 Å². The van der Waals surface area contributed by atoms with Crippen molar-refractivity contribution in [3.05, 3.63) is 78.8 Å². The third-order valence-corrected chi connectivity index (χ3v) is 12.3. The van der Waals surface area contributed by atoms with Crippen LogP contribution in [0.2, 0.25) is 25.7 Å². The van der Waals surface area contributed by atoms with Crippen LogP contribution in [0.15, 0.2) is 67.1 Å². The van der Waals surface area contributed by atoms with Crippen molar-refractivity contribution in [2.75, 3.05) is 19.7 Å². The largest absolute Gasteiger partial charge is 0.444 e. The van der Waals surface area contributed by atoms with E-state index in [1.807, 2.05) is 65.0 Å². The Morgan fingerprint density at radius 1 is 0.741 bits per heavy atom. The molecule has 13 heteroatoms. The molecule has 2 atom stereocenters. The maximum Gasteiger partial charge on any atom is 0.410 e. The molecule has 3 aromatic heterocycles. The van der Waals surface area contributed by atoms with Crippen LogP contribution in [0.25, 0.3) is 44.5 Å². The topological polar surface area (TPSA) is 128 Å². The predicted octanol–water partition coefficient (Wildman–Crippen LogP) is 10.6. The normalized spacial score (nSPS) is 17.7. The number of nitrogens with one attached hydrogen (secondary N) is 1. The third-order valence-electron chi connectivity index (χ3n) is 10.6. The molecule has 2 saturated heterocycles. The Bertz CT molecular complexity index is 2250. The molecular weight excluding hydrogens is 747 g/mol. The van der Waals surface area contributed by atoms with Crippen molar-refractivity contribution < 1.29 is 23.8 Å². The number of fused-ring (bicyclic) bond motifs is 1. The zero-order valence-electron chi connectivity index (χ0n) is 35.6. The van der Waals surface area contributed by atoms with Crippen LogP contribution in [0, 0.1) is 0 Å². The molecular formula is C45H59N7O5Si. The quantitative estimate of drug-likeness (QED) is 0.109. The molecule has 1 N–H and O–H groups in total. The van der Waals surface area contributed by atoms with Crippen molar-refractivity contribution >= 4 is 31.0 Å². The fourth-order valence-corrected chi connectivity index (χ4v) is 8.41. The molecule has 0 aliphatic carbocycles. The lowest BCUT2D eigenvalue weighted by atomic mass is 10.00. The Morgan fingerprint density at radius 3 is 2.02 bits per heavy atom. The van der Waals surface area contributed by atoms with Gasteiger partial charge >= 0.3 is 12.2 Å². The monoisotopic (exact) mass is 805 g/mol. The third kappa shape index (κ3) is 9.64. The van der Waals surface area contributed by atoms with Crippen LogP contribution in [-0.4, -0.2) is 85.5 Å². The average Bonchev–Trinajstić information content (AvgIpc) is 3.98. The highest BCUT2D eigenvalue weighted by atomic mass is 28.3. The van der Waals surface area contributed by atoms with Crippen LogP contribution in [0.3, 0.4) is 0 Å². The van der Waals surface area contributed by atoms with E-state index in [2.05, 4.69) is 82.7 Å². The summed E-state index contributed by atoms with van der Waals surface area (Å²) in [5, 5.41) is 2.09. The number of aromatic nitrogens is 5. The summed E-state index contributed by atoms with van der Waals surface area (Å²) in [5.74, 6) is 1.57. The smallest absolute Gasteiger partial charge is 0.410 e. The van der Waals surface area contributed by atoms with Crippen molar-refractivity contribution in [3.8, 4) is 33.8 Å². The molecule has 0 saturated carbocycles. The fraction of sp³-hybridized carbons (Fsp3) is 0.489. The highest BCUT2D eigenvalue weighted by Crippen LogP contribution is 2.37. The van der Waals surface area contributed by atoms with E-state index in [0.29, 0.717) is 26.4 Å². The Balaban J connectivity index is 1.10. The number of benzene rings is 2. The minimum atomic E-state index is -1.29. The Kier molecular flexibility index (Phi) is 11.6. The first-order valence-corrected chi connectivity index (χ1v) is 24.3. The minimum absolute atomic E-state index is 0.132. The van der Waals surface area contributed by atoms with Gasteiger partial charge in [-0.15, -0.1) is 0 Å². The Hall–Kier alpha value is -5.01. The zero-order chi connectivity index (χ0) is 41.4. The molecule has 2 aliphatic rings. The lowest BCUT2D eigenvalue weighted by Crippen LogP contribution is -2.37. The highest BCUT2D eigenvalue weighted by molar-refractivity contribution is 6.76. The van der Waals surface area contributed by atoms with E-state index < -0.39 is 19.3 Å². The number of imidazole rings is 2. The number of hydrogen-bond donors (Lipinski definition) is 1. The van der Waals surface area contributed by atoms with E-state index in [9.17, 15) is 9.59 Å². The van der Waals surface area contributed by atoms with E-state index in [1.54, 1.807) is 4.90 Å². The van der Waals surface area contributed by atoms with E-state index in [4.69, 9.17) is 24.2 Å². The van der Waals surface area contributed by atoms with Crippen molar-refractivity contribution in [3.63, 3.8) is 0 Å². The van der Waals surface area contributed by atoms with Crippen molar-refractivity contribution in [1.29, 1.82) is 0 Å². The summed E-state index contributed by atoms with van der Waals surface area (Å²) in [6, 6.07) is 17.7. The Labute approximate surface area is 343 Å². The number of ether oxygens (including phenoxy) is 3. The van der Waals surface area contributed by atoms with Gasteiger partial charge in [0, 0.05) is 39.4 Å². The van der Waals surface area contributed by atoms with Gasteiger partial charge in [-0.1, -0.05) is 56.0 Å². The Morgan fingerprint density at radius 2 is 1.36 bits per heavy atom. The molecule has 2 aromatic carbocycles. The van der Waals surface area contributed by atoms with Crippen LogP contribution in [0.5, 0.6) is 0 Å². The SMILES string of the molecule is CC(C)(C)OC(=O)N1CCC[C@H]1c1ncc(-c2ccc(-c3ccc4cc(-c5cnc([C@@H]6CCCN6C(=O)OC(C)(C)C)n5COCC[Si](C)(C)C)ncc4c3)cc2)[nH]1. The van der Waals surface area contributed by atoms with Gasteiger partial charge < -0.3 is 23.8 Å². The molecule has 0 spiro atoms. The second kappa shape index (κ2) is 16.3. The number of carbonyl (C=O) groups is 2. The van der Waals surface area contributed by atoms with Crippen molar-refractivity contribution in [2.24, 2.45) is 0 Å². The van der Waals surface area contributed by atoms with E-state index in [1.165, 1.54) is 0 Å². The molecule has 2 aliphatic heterocycles. The standard InChI is InChI=1S/C45H59N7O5Si/c1-44(2,3)56-42(53)50-20-10-12-37(50)40-47-27-36(49-40)31-16-14-30(15-17-31)32-18-19-33-25-35(46-26-34(33)24-32)39-28-48-41(52(39)29-55-22-23-58(7,8)9)38-13-11-21-51(38)43(54)57-45(4,5)6/h14-19,24-28,37-38H,10-13,20-23,29H2,1-9H3,(H,47,49)/t37-,38-/m0/s1. The number of rotatable bonds is 10. The number of hydrogen-bond acceptors (Lipinski definition) is 8. The summed E-state index contributed by atoms with van der Waals surface area (Å²) in [6.07, 6.45) is 8.44. The molecule has 12 nitrogen and oxygen atoms in total. The van der Waals surface area contributed by atoms with Gasteiger partial charge in [0.25, 0.3) is 0 Å². The van der Waals surface area contributed by atoms with Crippen LogP contribution < -0.4 is 0 Å². The minimum Gasteiger partial charge on any atom is -0.444 e. The summed E-state index contributed by atoms with van der Waals surface area (Å²) < 4.78 is 19.8. The van der Waals surface area contributed by atoms with Gasteiger partial charge in [0.15, 0.2) is 0 Å². The number of pyridine rings is 1. The molecule has 0 bridgehead atoms. The molecule has 5 aromatic rings. The van der Waals surface area contributed by atoms with Crippen LogP contribution >= 0.6 is 0 Å². The van der Waals surface area contributed by atoms with E-state index >= 15 is 0 Å². The number of aromatic amines is 1. The molecule has 58 heavy (non-hydrogen) atoms. The van der Waals surface area contributed by atoms with Crippen LogP contribution in [0.1, 0.15) is 91.0 Å². The van der Waals surface area contributed by atoms with Gasteiger partial charge in [-0.05, 0) is 107 Å². The second-order valence-corrected chi connectivity index (χ2v) is 24.5. The number of H-pyrrole nitrogens is 1. The van der Waals surface area contributed by atoms with Gasteiger partial charge in [0.05, 0.1) is 41.6 Å². The lowest BCUT2D eigenvalue weighted by molar-refractivity contribution is 0.0199. The van der Waals surface area contributed by atoms with Crippen LogP contribution in [0.4, 0.5) is 9.59 Å².